The van der Waals surface area contributed by atoms with E-state index in [9.17, 15) is 19.2 Å². The second kappa shape index (κ2) is 24.5. The smallest absolute Gasteiger partial charge is 0.343 e. The second-order valence-electron chi connectivity index (χ2n) is 14.4. The number of carbonyl (C=O) groups excluding carboxylic acids is 4. The van der Waals surface area contributed by atoms with Gasteiger partial charge in [0.05, 0.1) is 35.5 Å². The van der Waals surface area contributed by atoms with Gasteiger partial charge >= 0.3 is 23.9 Å². The number of carbonyl (C=O) groups is 4. The van der Waals surface area contributed by atoms with E-state index in [1.54, 1.807) is 66.7 Å². The maximum atomic E-state index is 12.9. The maximum Gasteiger partial charge on any atom is 0.343 e. The summed E-state index contributed by atoms with van der Waals surface area (Å²) in [5.41, 5.74) is 0.903. The molecule has 0 unspecified atom stereocenters. The summed E-state index contributed by atoms with van der Waals surface area (Å²) in [4.78, 5) is 51.4. The summed E-state index contributed by atoms with van der Waals surface area (Å²) >= 11 is 0. The van der Waals surface area contributed by atoms with Crippen LogP contribution in [0.1, 0.15) is 132 Å². The highest BCUT2D eigenvalue weighted by molar-refractivity contribution is 5.96. The fourth-order valence-corrected chi connectivity index (χ4v) is 6.10. The summed E-state index contributed by atoms with van der Waals surface area (Å²) in [6.07, 6.45) is 14.2. The number of hydrogen-bond acceptors (Lipinski definition) is 10. The summed E-state index contributed by atoms with van der Waals surface area (Å²) in [6.45, 7) is 5.69. The Bertz CT molecular complexity index is 1940. The van der Waals surface area contributed by atoms with Crippen LogP contribution in [-0.2, 0) is 0 Å². The third kappa shape index (κ3) is 15.1. The SMILES string of the molecule is CCCCCCCCOc1ccc(OC(=O)c2ccc(C(=O)Oc3cccc(OC(=O)c4ccc(C(=O)Oc5ccc(OCCCCCCCC)cc5)cc4)c3)cc2)cc1. The molecule has 0 aliphatic rings. The van der Waals surface area contributed by atoms with E-state index in [4.69, 9.17) is 28.4 Å². The highest BCUT2D eigenvalue weighted by Crippen LogP contribution is 2.24. The van der Waals surface area contributed by atoms with Crippen molar-refractivity contribution in [3.8, 4) is 34.5 Å². The Morgan fingerprint density at radius 2 is 0.617 bits per heavy atom. The van der Waals surface area contributed by atoms with Gasteiger partial charge in [0.2, 0.25) is 0 Å². The Morgan fingerprint density at radius 3 is 0.950 bits per heavy atom. The highest BCUT2D eigenvalue weighted by Gasteiger charge is 2.16. The Labute approximate surface area is 352 Å². The monoisotopic (exact) mass is 814 g/mol. The number of unbranched alkanes of at least 4 members (excludes halogenated alkanes) is 10. The molecule has 0 heterocycles. The average Bonchev–Trinajstić information content (AvgIpc) is 3.27. The molecule has 0 atom stereocenters. The van der Waals surface area contributed by atoms with Gasteiger partial charge in [-0.15, -0.1) is 0 Å². The predicted octanol–water partition coefficient (Wildman–Crippen LogP) is 12.0. The van der Waals surface area contributed by atoms with Crippen molar-refractivity contribution in [1.82, 2.24) is 0 Å². The zero-order valence-electron chi connectivity index (χ0n) is 34.5. The van der Waals surface area contributed by atoms with Crippen LogP contribution in [0.4, 0.5) is 0 Å². The third-order valence-electron chi connectivity index (χ3n) is 9.54. The van der Waals surface area contributed by atoms with Crippen LogP contribution in [0.2, 0.25) is 0 Å². The molecule has 5 rings (SSSR count). The van der Waals surface area contributed by atoms with E-state index in [0.29, 0.717) is 36.2 Å². The first-order valence-electron chi connectivity index (χ1n) is 21.0. The third-order valence-corrected chi connectivity index (χ3v) is 9.54. The van der Waals surface area contributed by atoms with Gasteiger partial charge in [0.15, 0.2) is 0 Å². The minimum atomic E-state index is -0.676. The van der Waals surface area contributed by atoms with E-state index in [-0.39, 0.29) is 33.8 Å². The van der Waals surface area contributed by atoms with Gasteiger partial charge in [-0.2, -0.15) is 0 Å². The molecule has 0 aliphatic heterocycles. The topological polar surface area (TPSA) is 124 Å². The van der Waals surface area contributed by atoms with E-state index >= 15 is 0 Å². The molecule has 0 bridgehead atoms. The molecule has 0 amide bonds. The first-order chi connectivity index (χ1) is 29.3. The molecule has 0 radical (unpaired) electrons. The lowest BCUT2D eigenvalue weighted by molar-refractivity contribution is 0.0714. The van der Waals surface area contributed by atoms with Crippen LogP contribution < -0.4 is 28.4 Å². The first-order valence-corrected chi connectivity index (χ1v) is 21.0. The fraction of sp³-hybridized carbons (Fsp3) is 0.320. The summed E-state index contributed by atoms with van der Waals surface area (Å²) < 4.78 is 33.6. The second-order valence-corrected chi connectivity index (χ2v) is 14.4. The van der Waals surface area contributed by atoms with Crippen molar-refractivity contribution in [1.29, 1.82) is 0 Å². The van der Waals surface area contributed by atoms with Crippen molar-refractivity contribution < 1.29 is 47.6 Å². The molecule has 5 aromatic rings. The predicted molar refractivity (Wildman–Crippen MR) is 230 cm³/mol. The molecule has 0 aliphatic carbocycles. The minimum Gasteiger partial charge on any atom is -0.494 e. The number of ether oxygens (including phenoxy) is 6. The summed E-state index contributed by atoms with van der Waals surface area (Å²) in [5.74, 6) is -0.0594. The first kappa shape index (κ1) is 44.7. The van der Waals surface area contributed by atoms with E-state index in [1.807, 2.05) is 0 Å². The van der Waals surface area contributed by atoms with Crippen molar-refractivity contribution in [3.63, 3.8) is 0 Å². The molecule has 10 nitrogen and oxygen atoms in total. The van der Waals surface area contributed by atoms with Gasteiger partial charge in [0.1, 0.15) is 34.5 Å². The van der Waals surface area contributed by atoms with Crippen LogP contribution in [-0.4, -0.2) is 37.1 Å². The number of benzene rings is 5. The van der Waals surface area contributed by atoms with Crippen molar-refractivity contribution in [2.45, 2.75) is 90.9 Å². The summed E-state index contributed by atoms with van der Waals surface area (Å²) in [6, 6.07) is 31.6. The Kier molecular flexibility index (Phi) is 18.2. The van der Waals surface area contributed by atoms with Gasteiger partial charge in [-0.25, -0.2) is 19.2 Å². The number of rotatable bonds is 24. The summed E-state index contributed by atoms with van der Waals surface area (Å²) in [7, 11) is 0. The average molecular weight is 815 g/mol. The quantitative estimate of drug-likeness (QED) is 0.0338. The molecule has 0 aromatic heterocycles. The normalized spacial score (nSPS) is 10.7. The maximum absolute atomic E-state index is 12.9. The van der Waals surface area contributed by atoms with Crippen LogP contribution in [0.25, 0.3) is 0 Å². The number of hydrogen-bond donors (Lipinski definition) is 0. The Balaban J connectivity index is 1.04. The van der Waals surface area contributed by atoms with Crippen LogP contribution >= 0.6 is 0 Å². The van der Waals surface area contributed by atoms with E-state index in [1.165, 1.54) is 106 Å². The molecule has 10 heteroatoms. The molecule has 0 spiro atoms. The minimum absolute atomic E-state index is 0.142. The number of esters is 4. The largest absolute Gasteiger partial charge is 0.494 e. The van der Waals surface area contributed by atoms with Crippen molar-refractivity contribution in [3.05, 3.63) is 144 Å². The zero-order chi connectivity index (χ0) is 42.4. The van der Waals surface area contributed by atoms with Crippen LogP contribution in [0.15, 0.2) is 121 Å². The van der Waals surface area contributed by atoms with Crippen molar-refractivity contribution in [2.24, 2.45) is 0 Å². The van der Waals surface area contributed by atoms with Gasteiger partial charge in [-0.1, -0.05) is 84.1 Å². The van der Waals surface area contributed by atoms with Gasteiger partial charge in [0.25, 0.3) is 0 Å². The van der Waals surface area contributed by atoms with E-state index in [2.05, 4.69) is 13.8 Å². The lowest BCUT2D eigenvalue weighted by Crippen LogP contribution is -2.12. The van der Waals surface area contributed by atoms with Crippen molar-refractivity contribution in [2.75, 3.05) is 13.2 Å². The lowest BCUT2D eigenvalue weighted by Gasteiger charge is -2.09. The van der Waals surface area contributed by atoms with Gasteiger partial charge in [-0.3, -0.25) is 0 Å². The molecule has 0 fully saturated rings. The van der Waals surface area contributed by atoms with Crippen LogP contribution in [0.5, 0.6) is 34.5 Å². The van der Waals surface area contributed by atoms with Gasteiger partial charge in [-0.05, 0) is 122 Å². The van der Waals surface area contributed by atoms with Crippen LogP contribution in [0, 0.1) is 0 Å². The molecule has 0 saturated carbocycles. The molecule has 0 saturated heterocycles. The standard InChI is InChI=1S/C50H54O10/c1-3-5-7-9-11-13-34-55-41-26-30-43(31-27-41)57-47(51)37-18-22-39(23-19-37)49(53)59-45-16-15-17-46(36-45)60-50(54)40-24-20-38(21-25-40)48(52)58-44-32-28-42(29-33-44)56-35-14-12-10-8-6-4-2/h15-33,36H,3-14,34-35H2,1-2H3. The van der Waals surface area contributed by atoms with E-state index < -0.39 is 23.9 Å². The van der Waals surface area contributed by atoms with E-state index in [0.717, 1.165) is 25.7 Å². The Hall–Kier alpha value is -6.42. The molecule has 5 aromatic carbocycles. The Morgan fingerprint density at radius 1 is 0.333 bits per heavy atom. The molecular weight excluding hydrogens is 761 g/mol. The van der Waals surface area contributed by atoms with Gasteiger partial charge in [0, 0.05) is 6.07 Å². The lowest BCUT2D eigenvalue weighted by atomic mass is 10.1. The van der Waals surface area contributed by atoms with Crippen LogP contribution in [0.3, 0.4) is 0 Å². The van der Waals surface area contributed by atoms with Gasteiger partial charge < -0.3 is 28.4 Å². The molecule has 60 heavy (non-hydrogen) atoms. The zero-order valence-corrected chi connectivity index (χ0v) is 34.5. The molecule has 0 N–H and O–H groups in total. The summed E-state index contributed by atoms with van der Waals surface area (Å²) in [5, 5.41) is 0. The highest BCUT2D eigenvalue weighted by atomic mass is 16.6. The molecular formula is C50H54O10. The molecule has 314 valence electrons. The van der Waals surface area contributed by atoms with Crippen molar-refractivity contribution >= 4 is 23.9 Å². The fourth-order valence-electron chi connectivity index (χ4n) is 6.10.